The third-order valence-corrected chi connectivity index (χ3v) is 4.86. The van der Waals surface area contributed by atoms with Crippen LogP contribution in [0.25, 0.3) is 4.96 Å². The molecule has 0 spiro atoms. The first kappa shape index (κ1) is 12.1. The number of rotatable bonds is 3. The highest BCUT2D eigenvalue weighted by molar-refractivity contribution is 7.15. The van der Waals surface area contributed by atoms with Gasteiger partial charge in [-0.3, -0.25) is 9.30 Å². The normalized spacial score (nSPS) is 20.6. The fourth-order valence-electron chi connectivity index (χ4n) is 2.54. The fourth-order valence-corrected chi connectivity index (χ4v) is 3.25. The molecule has 1 aliphatic heterocycles. The lowest BCUT2D eigenvalue weighted by Gasteiger charge is -2.39. The van der Waals surface area contributed by atoms with Gasteiger partial charge >= 0.3 is 0 Å². The average molecular weight is 264 g/mol. The van der Waals surface area contributed by atoms with Crippen LogP contribution in [0.15, 0.2) is 17.8 Å². The van der Waals surface area contributed by atoms with Crippen LogP contribution in [0, 0.1) is 0 Å². The smallest absolute Gasteiger partial charge is 0.193 e. The molecular weight excluding hydrogens is 244 g/mol. The molecule has 0 aliphatic carbocycles. The van der Waals surface area contributed by atoms with Gasteiger partial charge in [-0.05, 0) is 26.8 Å². The molecule has 0 aromatic carbocycles. The van der Waals surface area contributed by atoms with Crippen molar-refractivity contribution in [3.63, 3.8) is 0 Å². The summed E-state index contributed by atoms with van der Waals surface area (Å²) in [6, 6.07) is 0. The average Bonchev–Trinajstić information content (AvgIpc) is 2.93. The van der Waals surface area contributed by atoms with E-state index in [0.29, 0.717) is 5.54 Å². The Labute approximate surface area is 112 Å². The topological polar surface area (TPSA) is 32.6 Å². The maximum atomic E-state index is 4.65. The third-order valence-electron chi connectivity index (χ3n) is 4.09. The van der Waals surface area contributed by atoms with Gasteiger partial charge in [0.25, 0.3) is 0 Å². The second-order valence-electron chi connectivity index (χ2n) is 5.41. The lowest BCUT2D eigenvalue weighted by Crippen LogP contribution is -2.49. The zero-order chi connectivity index (χ0) is 12.6. The third kappa shape index (κ3) is 2.30. The molecule has 0 saturated carbocycles. The summed E-state index contributed by atoms with van der Waals surface area (Å²) in [7, 11) is 2.07. The molecule has 0 bridgehead atoms. The first-order chi connectivity index (χ1) is 8.68. The fraction of sp³-hybridized carbons (Fsp3) is 0.615. The number of thiazole rings is 1. The summed E-state index contributed by atoms with van der Waals surface area (Å²) in [5.74, 6) is 0. The molecule has 3 rings (SSSR count). The van der Waals surface area contributed by atoms with Crippen LogP contribution in [-0.2, 0) is 6.54 Å². The van der Waals surface area contributed by atoms with Gasteiger partial charge in [0.1, 0.15) is 0 Å². The standard InChI is InChI=1S/C13H20N4S/c1-13(14-2)3-5-16(6-4-13)9-11-10-17-7-8-18-12(17)15-11/h7-8,10,14H,3-6,9H2,1-2H3. The molecule has 5 heteroatoms. The second kappa shape index (κ2) is 4.64. The van der Waals surface area contributed by atoms with Crippen molar-refractivity contribution in [2.24, 2.45) is 0 Å². The number of hydrogen-bond acceptors (Lipinski definition) is 4. The Morgan fingerprint density at radius 1 is 1.44 bits per heavy atom. The van der Waals surface area contributed by atoms with E-state index in [4.69, 9.17) is 0 Å². The largest absolute Gasteiger partial charge is 0.314 e. The van der Waals surface area contributed by atoms with E-state index in [1.807, 2.05) is 0 Å². The highest BCUT2D eigenvalue weighted by atomic mass is 32.1. The van der Waals surface area contributed by atoms with Crippen LogP contribution in [0.5, 0.6) is 0 Å². The quantitative estimate of drug-likeness (QED) is 0.920. The van der Waals surface area contributed by atoms with Crippen molar-refractivity contribution in [1.29, 1.82) is 0 Å². The monoisotopic (exact) mass is 264 g/mol. The lowest BCUT2D eigenvalue weighted by molar-refractivity contribution is 0.145. The van der Waals surface area contributed by atoms with E-state index in [-0.39, 0.29) is 0 Å². The number of imidazole rings is 1. The first-order valence-corrected chi connectivity index (χ1v) is 7.39. The zero-order valence-corrected chi connectivity index (χ0v) is 11.8. The van der Waals surface area contributed by atoms with Crippen molar-refractivity contribution in [1.82, 2.24) is 19.6 Å². The van der Waals surface area contributed by atoms with Crippen LogP contribution >= 0.6 is 11.3 Å². The molecular formula is C13H20N4S. The number of hydrogen-bond donors (Lipinski definition) is 1. The number of aromatic nitrogens is 2. The maximum absolute atomic E-state index is 4.65. The molecule has 1 saturated heterocycles. The Morgan fingerprint density at radius 2 is 2.22 bits per heavy atom. The molecule has 1 fully saturated rings. The highest BCUT2D eigenvalue weighted by Gasteiger charge is 2.28. The molecule has 0 amide bonds. The van der Waals surface area contributed by atoms with Gasteiger partial charge in [-0.25, -0.2) is 4.98 Å². The predicted octanol–water partition coefficient (Wildman–Crippen LogP) is 1.97. The summed E-state index contributed by atoms with van der Waals surface area (Å²) >= 11 is 1.70. The molecule has 0 radical (unpaired) electrons. The Kier molecular flexibility index (Phi) is 3.13. The predicted molar refractivity (Wildman–Crippen MR) is 75.0 cm³/mol. The first-order valence-electron chi connectivity index (χ1n) is 6.51. The van der Waals surface area contributed by atoms with Gasteiger partial charge in [-0.15, -0.1) is 11.3 Å². The molecule has 0 unspecified atom stereocenters. The SMILES string of the molecule is CNC1(C)CCN(Cc2cn3ccsc3n2)CC1. The Bertz CT molecular complexity index is 493. The van der Waals surface area contributed by atoms with Crippen LogP contribution in [0.1, 0.15) is 25.5 Å². The number of fused-ring (bicyclic) bond motifs is 1. The van der Waals surface area contributed by atoms with Crippen LogP contribution < -0.4 is 5.32 Å². The van der Waals surface area contributed by atoms with Gasteiger partial charge in [0, 0.05) is 42.9 Å². The summed E-state index contributed by atoms with van der Waals surface area (Å²) in [5.41, 5.74) is 1.51. The van der Waals surface area contributed by atoms with Crippen molar-refractivity contribution in [3.05, 3.63) is 23.5 Å². The van der Waals surface area contributed by atoms with Crippen molar-refractivity contribution in [3.8, 4) is 0 Å². The molecule has 1 aliphatic rings. The Balaban J connectivity index is 1.63. The molecule has 4 nitrogen and oxygen atoms in total. The summed E-state index contributed by atoms with van der Waals surface area (Å²) in [5, 5.41) is 5.51. The Morgan fingerprint density at radius 3 is 2.89 bits per heavy atom. The van der Waals surface area contributed by atoms with Gasteiger partial charge in [-0.1, -0.05) is 0 Å². The van der Waals surface area contributed by atoms with E-state index in [1.165, 1.54) is 18.5 Å². The van der Waals surface area contributed by atoms with Gasteiger partial charge < -0.3 is 5.32 Å². The van der Waals surface area contributed by atoms with E-state index < -0.39 is 0 Å². The van der Waals surface area contributed by atoms with Crippen molar-refractivity contribution in [2.75, 3.05) is 20.1 Å². The van der Waals surface area contributed by atoms with Crippen LogP contribution in [-0.4, -0.2) is 40.0 Å². The second-order valence-corrected chi connectivity index (χ2v) is 6.28. The molecule has 2 aromatic rings. The molecule has 98 valence electrons. The minimum absolute atomic E-state index is 0.324. The van der Waals surface area contributed by atoms with E-state index in [9.17, 15) is 0 Å². The number of nitrogens with one attached hydrogen (secondary N) is 1. The van der Waals surface area contributed by atoms with E-state index in [1.54, 1.807) is 11.3 Å². The minimum Gasteiger partial charge on any atom is -0.314 e. The van der Waals surface area contributed by atoms with Gasteiger partial charge in [0.05, 0.1) is 5.69 Å². The highest BCUT2D eigenvalue weighted by Crippen LogP contribution is 2.22. The summed E-state index contributed by atoms with van der Waals surface area (Å²) in [4.78, 5) is 8.25. The number of piperidine rings is 1. The maximum Gasteiger partial charge on any atom is 0.193 e. The molecule has 2 aromatic heterocycles. The summed E-state index contributed by atoms with van der Waals surface area (Å²) < 4.78 is 2.11. The van der Waals surface area contributed by atoms with Crippen LogP contribution in [0.2, 0.25) is 0 Å². The van der Waals surface area contributed by atoms with Crippen molar-refractivity contribution in [2.45, 2.75) is 31.8 Å². The van der Waals surface area contributed by atoms with Crippen molar-refractivity contribution < 1.29 is 0 Å². The van der Waals surface area contributed by atoms with Crippen LogP contribution in [0.3, 0.4) is 0 Å². The zero-order valence-electron chi connectivity index (χ0n) is 11.0. The van der Waals surface area contributed by atoms with E-state index in [0.717, 1.165) is 24.6 Å². The molecule has 18 heavy (non-hydrogen) atoms. The van der Waals surface area contributed by atoms with Gasteiger partial charge in [-0.2, -0.15) is 0 Å². The lowest BCUT2D eigenvalue weighted by atomic mass is 9.90. The molecule has 1 N–H and O–H groups in total. The van der Waals surface area contributed by atoms with Gasteiger partial charge in [0.2, 0.25) is 0 Å². The molecule has 0 atom stereocenters. The summed E-state index contributed by atoms with van der Waals surface area (Å²) in [6.07, 6.45) is 6.65. The van der Waals surface area contributed by atoms with Crippen molar-refractivity contribution >= 4 is 16.3 Å². The molecule has 3 heterocycles. The van der Waals surface area contributed by atoms with Gasteiger partial charge in [0.15, 0.2) is 4.96 Å². The van der Waals surface area contributed by atoms with E-state index in [2.05, 4.69) is 51.3 Å². The minimum atomic E-state index is 0.324. The number of nitrogens with zero attached hydrogens (tertiary/aromatic N) is 3. The van der Waals surface area contributed by atoms with Crippen LogP contribution in [0.4, 0.5) is 0 Å². The van der Waals surface area contributed by atoms with E-state index >= 15 is 0 Å². The summed E-state index contributed by atoms with van der Waals surface area (Å²) in [6.45, 7) is 5.61. The number of likely N-dealkylation sites (tertiary alicyclic amines) is 1. The Hall–Kier alpha value is -0.910.